The molecule has 27 heavy (non-hydrogen) atoms. The van der Waals surface area contributed by atoms with Crippen LogP contribution in [-0.4, -0.2) is 26.9 Å². The van der Waals surface area contributed by atoms with Crippen LogP contribution in [0.25, 0.3) is 16.6 Å². The Bertz CT molecular complexity index is 1040. The van der Waals surface area contributed by atoms with Crippen LogP contribution in [0.3, 0.4) is 0 Å². The third kappa shape index (κ3) is 3.25. The first-order valence-electron chi connectivity index (χ1n) is 9.48. The number of benzene rings is 1. The predicted octanol–water partition coefficient (Wildman–Crippen LogP) is 4.09. The summed E-state index contributed by atoms with van der Waals surface area (Å²) in [4.78, 5) is 22.0. The van der Waals surface area contributed by atoms with Gasteiger partial charge in [-0.1, -0.05) is 44.0 Å². The van der Waals surface area contributed by atoms with E-state index in [0.717, 1.165) is 6.42 Å². The van der Waals surface area contributed by atoms with E-state index < -0.39 is 0 Å². The van der Waals surface area contributed by atoms with Crippen LogP contribution in [0.5, 0.6) is 5.88 Å². The highest BCUT2D eigenvalue weighted by molar-refractivity contribution is 6.01. The highest BCUT2D eigenvalue weighted by Gasteiger charge is 2.21. The molecule has 0 saturated heterocycles. The molecule has 0 aliphatic heterocycles. The van der Waals surface area contributed by atoms with E-state index in [4.69, 9.17) is 4.99 Å². The molecule has 138 valence electrons. The molecule has 5 heteroatoms. The molecule has 0 radical (unpaired) electrons. The van der Waals surface area contributed by atoms with Crippen molar-refractivity contribution in [3.63, 3.8) is 0 Å². The molecule has 0 amide bonds. The minimum absolute atomic E-state index is 0.121. The number of aromatic nitrogens is 2. The normalized spacial score (nSPS) is 20.3. The largest absolute Gasteiger partial charge is 0.494 e. The van der Waals surface area contributed by atoms with Crippen molar-refractivity contribution in [2.45, 2.75) is 38.6 Å². The Hall–Kier alpha value is -2.95. The molecule has 0 unspecified atom stereocenters. The maximum Gasteiger partial charge on any atom is 0.267 e. The molecular formula is C22H23N3O2. The van der Waals surface area contributed by atoms with E-state index in [1.807, 2.05) is 18.2 Å². The highest BCUT2D eigenvalue weighted by Crippen LogP contribution is 2.28. The number of nitrogens with zero attached hydrogens (tertiary/aromatic N) is 3. The van der Waals surface area contributed by atoms with Crippen LogP contribution in [0.2, 0.25) is 0 Å². The monoisotopic (exact) mass is 361 g/mol. The number of pyridine rings is 2. The van der Waals surface area contributed by atoms with Gasteiger partial charge in [-0.2, -0.15) is 0 Å². The Morgan fingerprint density at radius 1 is 1.11 bits per heavy atom. The van der Waals surface area contributed by atoms with E-state index in [-0.39, 0.29) is 17.5 Å². The summed E-state index contributed by atoms with van der Waals surface area (Å²) in [5.41, 5.74) is 0.276. The Morgan fingerprint density at radius 3 is 2.59 bits per heavy atom. The molecule has 2 heterocycles. The Balaban J connectivity index is 1.90. The number of hydrogen-bond donors (Lipinski definition) is 1. The topological polar surface area (TPSA) is 67.5 Å². The summed E-state index contributed by atoms with van der Waals surface area (Å²) < 4.78 is 1.26. The lowest BCUT2D eigenvalue weighted by atomic mass is 9.86. The maximum absolute atomic E-state index is 13.0. The summed E-state index contributed by atoms with van der Waals surface area (Å²) in [5, 5.41) is 12.2. The molecule has 3 aromatic rings. The summed E-state index contributed by atoms with van der Waals surface area (Å²) in [6.07, 6.45) is 8.04. The first kappa shape index (κ1) is 17.5. The van der Waals surface area contributed by atoms with Crippen LogP contribution in [0, 0.1) is 5.92 Å². The molecule has 1 aliphatic rings. The second kappa shape index (κ2) is 7.35. The van der Waals surface area contributed by atoms with Gasteiger partial charge in [0.2, 0.25) is 5.88 Å². The van der Waals surface area contributed by atoms with Gasteiger partial charge in [0.05, 0.1) is 11.6 Å². The van der Waals surface area contributed by atoms with Gasteiger partial charge in [0.1, 0.15) is 5.82 Å². The van der Waals surface area contributed by atoms with E-state index >= 15 is 0 Å². The zero-order chi connectivity index (χ0) is 18.8. The zero-order valence-corrected chi connectivity index (χ0v) is 15.4. The van der Waals surface area contributed by atoms with E-state index in [9.17, 15) is 9.90 Å². The van der Waals surface area contributed by atoms with Crippen LogP contribution in [0.15, 0.2) is 58.4 Å². The molecule has 0 bridgehead atoms. The number of rotatable bonds is 3. The number of aromatic hydroxyl groups is 1. The molecule has 1 fully saturated rings. The van der Waals surface area contributed by atoms with Crippen LogP contribution in [0.1, 0.15) is 38.2 Å². The number of hydrogen-bond acceptors (Lipinski definition) is 4. The SMILES string of the molecule is C[C@H]1CCCC[C@@H]1N=Cc1c(O)n(-c2ccccn2)c(=O)c2ccccc12. The fourth-order valence-electron chi connectivity index (χ4n) is 3.88. The summed E-state index contributed by atoms with van der Waals surface area (Å²) in [5.74, 6) is 0.807. The Kier molecular flexibility index (Phi) is 4.75. The second-order valence-corrected chi connectivity index (χ2v) is 7.22. The molecule has 0 spiro atoms. The minimum Gasteiger partial charge on any atom is -0.494 e. The van der Waals surface area contributed by atoms with Crippen molar-refractivity contribution in [3.05, 3.63) is 64.6 Å². The molecule has 2 atom stereocenters. The second-order valence-electron chi connectivity index (χ2n) is 7.22. The molecule has 2 aromatic heterocycles. The van der Waals surface area contributed by atoms with Gasteiger partial charge in [0.25, 0.3) is 5.56 Å². The number of aliphatic imine (C=N–C) groups is 1. The van der Waals surface area contributed by atoms with Crippen molar-refractivity contribution < 1.29 is 5.11 Å². The smallest absolute Gasteiger partial charge is 0.267 e. The van der Waals surface area contributed by atoms with Gasteiger partial charge in [-0.3, -0.25) is 9.79 Å². The minimum atomic E-state index is -0.287. The molecule has 1 N–H and O–H groups in total. The molecule has 1 saturated carbocycles. The van der Waals surface area contributed by atoms with Crippen molar-refractivity contribution in [1.82, 2.24) is 9.55 Å². The van der Waals surface area contributed by atoms with Gasteiger partial charge in [0, 0.05) is 23.2 Å². The van der Waals surface area contributed by atoms with E-state index in [2.05, 4.69) is 11.9 Å². The summed E-state index contributed by atoms with van der Waals surface area (Å²) in [6.45, 7) is 2.23. The van der Waals surface area contributed by atoms with Gasteiger partial charge < -0.3 is 5.11 Å². The Morgan fingerprint density at radius 2 is 1.85 bits per heavy atom. The van der Waals surface area contributed by atoms with Gasteiger partial charge >= 0.3 is 0 Å². The highest BCUT2D eigenvalue weighted by atomic mass is 16.3. The standard InChI is InChI=1S/C22H23N3O2/c1-15-8-2-5-11-19(15)24-14-18-16-9-3-4-10-17(16)21(26)25(22(18)27)20-12-6-7-13-23-20/h3-4,6-7,9-10,12-15,19,27H,2,5,8,11H2,1H3/t15-,19-/m0/s1. The van der Waals surface area contributed by atoms with Crippen molar-refractivity contribution in [3.8, 4) is 11.7 Å². The van der Waals surface area contributed by atoms with E-state index in [1.165, 1.54) is 23.8 Å². The van der Waals surface area contributed by atoms with Gasteiger partial charge in [-0.05, 0) is 37.0 Å². The van der Waals surface area contributed by atoms with Crippen molar-refractivity contribution >= 4 is 17.0 Å². The maximum atomic E-state index is 13.0. The average molecular weight is 361 g/mol. The van der Waals surface area contributed by atoms with Crippen LogP contribution < -0.4 is 5.56 Å². The van der Waals surface area contributed by atoms with Gasteiger partial charge in [0.15, 0.2) is 0 Å². The number of fused-ring (bicyclic) bond motifs is 1. The predicted molar refractivity (Wildman–Crippen MR) is 108 cm³/mol. The van der Waals surface area contributed by atoms with Crippen LogP contribution in [-0.2, 0) is 0 Å². The van der Waals surface area contributed by atoms with Crippen LogP contribution >= 0.6 is 0 Å². The van der Waals surface area contributed by atoms with E-state index in [0.29, 0.717) is 28.1 Å². The Labute approximate surface area is 158 Å². The lowest BCUT2D eigenvalue weighted by molar-refractivity contribution is 0.333. The third-order valence-corrected chi connectivity index (χ3v) is 5.44. The summed E-state index contributed by atoms with van der Waals surface area (Å²) in [7, 11) is 0. The third-order valence-electron chi connectivity index (χ3n) is 5.44. The van der Waals surface area contributed by atoms with Crippen molar-refractivity contribution in [1.29, 1.82) is 0 Å². The first-order valence-corrected chi connectivity index (χ1v) is 9.48. The van der Waals surface area contributed by atoms with Crippen molar-refractivity contribution in [2.75, 3.05) is 0 Å². The fourth-order valence-corrected chi connectivity index (χ4v) is 3.88. The molecule has 1 aromatic carbocycles. The molecule has 4 rings (SSSR count). The molecular weight excluding hydrogens is 338 g/mol. The lowest BCUT2D eigenvalue weighted by Crippen LogP contribution is -2.22. The van der Waals surface area contributed by atoms with Gasteiger partial charge in [-0.25, -0.2) is 9.55 Å². The molecule has 5 nitrogen and oxygen atoms in total. The zero-order valence-electron chi connectivity index (χ0n) is 15.4. The first-order chi connectivity index (χ1) is 13.2. The fraction of sp³-hybridized carbons (Fsp3) is 0.318. The van der Waals surface area contributed by atoms with Crippen LogP contribution in [0.4, 0.5) is 0 Å². The quantitative estimate of drug-likeness (QED) is 0.715. The van der Waals surface area contributed by atoms with Crippen molar-refractivity contribution in [2.24, 2.45) is 10.9 Å². The summed E-state index contributed by atoms with van der Waals surface area (Å²) in [6, 6.07) is 12.9. The van der Waals surface area contributed by atoms with Gasteiger partial charge in [-0.15, -0.1) is 0 Å². The van der Waals surface area contributed by atoms with E-state index in [1.54, 1.807) is 36.7 Å². The lowest BCUT2D eigenvalue weighted by Gasteiger charge is -2.25. The average Bonchev–Trinajstić information content (AvgIpc) is 2.70. The molecule has 1 aliphatic carbocycles. The summed E-state index contributed by atoms with van der Waals surface area (Å²) >= 11 is 0.